The lowest BCUT2D eigenvalue weighted by atomic mass is 9.83. The highest BCUT2D eigenvalue weighted by Gasteiger charge is 2.39. The summed E-state index contributed by atoms with van der Waals surface area (Å²) in [5, 5.41) is 3.72. The Morgan fingerprint density at radius 2 is 1.82 bits per heavy atom. The van der Waals surface area contributed by atoms with Crippen LogP contribution in [0, 0.1) is 5.92 Å². The van der Waals surface area contributed by atoms with Crippen molar-refractivity contribution in [1.82, 2.24) is 5.32 Å². The van der Waals surface area contributed by atoms with Crippen LogP contribution in [0.1, 0.15) is 58.6 Å². The van der Waals surface area contributed by atoms with Gasteiger partial charge in [0.25, 0.3) is 0 Å². The SMILES string of the molecule is CCC1(CC)CC(NCC(C)C)c2cc3c(cc2O1)OCO3. The van der Waals surface area contributed by atoms with Crippen LogP contribution in [0.4, 0.5) is 0 Å². The fourth-order valence-electron chi connectivity index (χ4n) is 3.30. The van der Waals surface area contributed by atoms with Crippen LogP contribution in [0.2, 0.25) is 0 Å². The number of hydrogen-bond acceptors (Lipinski definition) is 4. The molecule has 4 heteroatoms. The summed E-state index contributed by atoms with van der Waals surface area (Å²) in [5.74, 6) is 3.20. The van der Waals surface area contributed by atoms with E-state index < -0.39 is 0 Å². The molecule has 1 aromatic carbocycles. The van der Waals surface area contributed by atoms with Crippen LogP contribution in [-0.4, -0.2) is 18.9 Å². The van der Waals surface area contributed by atoms with E-state index in [0.717, 1.165) is 43.1 Å². The molecule has 0 fully saturated rings. The maximum atomic E-state index is 6.40. The summed E-state index contributed by atoms with van der Waals surface area (Å²) in [6.45, 7) is 10.2. The van der Waals surface area contributed by atoms with Gasteiger partial charge in [0, 0.05) is 24.1 Å². The summed E-state index contributed by atoms with van der Waals surface area (Å²) < 4.78 is 17.5. The summed E-state index contributed by atoms with van der Waals surface area (Å²) in [6, 6.07) is 4.40. The zero-order valence-electron chi connectivity index (χ0n) is 14.1. The Morgan fingerprint density at radius 1 is 1.14 bits per heavy atom. The van der Waals surface area contributed by atoms with Crippen molar-refractivity contribution in [3.63, 3.8) is 0 Å². The Labute approximate surface area is 133 Å². The minimum Gasteiger partial charge on any atom is -0.487 e. The van der Waals surface area contributed by atoms with Crippen LogP contribution < -0.4 is 19.5 Å². The van der Waals surface area contributed by atoms with Crippen molar-refractivity contribution in [2.45, 2.75) is 58.6 Å². The molecular formula is C18H27NO3. The van der Waals surface area contributed by atoms with Crippen molar-refractivity contribution >= 4 is 0 Å². The van der Waals surface area contributed by atoms with E-state index >= 15 is 0 Å². The molecule has 0 aromatic heterocycles. The molecule has 3 rings (SSSR count). The van der Waals surface area contributed by atoms with E-state index in [1.54, 1.807) is 0 Å². The van der Waals surface area contributed by atoms with Gasteiger partial charge in [-0.15, -0.1) is 0 Å². The Balaban J connectivity index is 1.95. The molecule has 0 amide bonds. The van der Waals surface area contributed by atoms with Gasteiger partial charge < -0.3 is 19.5 Å². The molecule has 122 valence electrons. The maximum absolute atomic E-state index is 6.40. The van der Waals surface area contributed by atoms with Crippen LogP contribution in [-0.2, 0) is 0 Å². The van der Waals surface area contributed by atoms with E-state index in [0.29, 0.717) is 18.8 Å². The van der Waals surface area contributed by atoms with Crippen molar-refractivity contribution in [2.24, 2.45) is 5.92 Å². The second-order valence-corrected chi connectivity index (χ2v) is 6.79. The lowest BCUT2D eigenvalue weighted by Crippen LogP contribution is -2.43. The largest absolute Gasteiger partial charge is 0.487 e. The molecule has 0 aliphatic carbocycles. The first-order valence-electron chi connectivity index (χ1n) is 8.43. The number of ether oxygens (including phenoxy) is 3. The number of fused-ring (bicyclic) bond motifs is 2. The molecule has 0 spiro atoms. The average Bonchev–Trinajstić information content (AvgIpc) is 2.97. The molecule has 0 bridgehead atoms. The maximum Gasteiger partial charge on any atom is 0.231 e. The molecule has 2 aliphatic rings. The van der Waals surface area contributed by atoms with E-state index in [1.807, 2.05) is 6.07 Å². The molecule has 2 aliphatic heterocycles. The Kier molecular flexibility index (Phi) is 4.22. The molecule has 0 saturated carbocycles. The zero-order valence-corrected chi connectivity index (χ0v) is 14.1. The van der Waals surface area contributed by atoms with Gasteiger partial charge in [-0.3, -0.25) is 0 Å². The highest BCUT2D eigenvalue weighted by atomic mass is 16.7. The molecule has 1 unspecified atom stereocenters. The van der Waals surface area contributed by atoms with Crippen LogP contribution >= 0.6 is 0 Å². The summed E-state index contributed by atoms with van der Waals surface area (Å²) >= 11 is 0. The topological polar surface area (TPSA) is 39.7 Å². The fourth-order valence-corrected chi connectivity index (χ4v) is 3.30. The van der Waals surface area contributed by atoms with Crippen LogP contribution in [0.5, 0.6) is 17.2 Å². The molecule has 4 nitrogen and oxygen atoms in total. The zero-order chi connectivity index (χ0) is 15.7. The van der Waals surface area contributed by atoms with E-state index in [4.69, 9.17) is 14.2 Å². The van der Waals surface area contributed by atoms with Crippen LogP contribution in [0.25, 0.3) is 0 Å². The molecule has 1 atom stereocenters. The third-order valence-electron chi connectivity index (χ3n) is 4.84. The lowest BCUT2D eigenvalue weighted by molar-refractivity contribution is 0.0222. The lowest BCUT2D eigenvalue weighted by Gasteiger charge is -2.42. The minimum absolute atomic E-state index is 0.0880. The van der Waals surface area contributed by atoms with Crippen molar-refractivity contribution < 1.29 is 14.2 Å². The normalized spacial score (nSPS) is 21.6. The van der Waals surface area contributed by atoms with Crippen molar-refractivity contribution in [2.75, 3.05) is 13.3 Å². The Bertz CT molecular complexity index is 537. The van der Waals surface area contributed by atoms with Gasteiger partial charge in [-0.2, -0.15) is 0 Å². The van der Waals surface area contributed by atoms with Crippen LogP contribution in [0.15, 0.2) is 12.1 Å². The quantitative estimate of drug-likeness (QED) is 0.891. The molecule has 0 saturated heterocycles. The highest BCUT2D eigenvalue weighted by molar-refractivity contribution is 5.54. The molecule has 0 radical (unpaired) electrons. The second kappa shape index (κ2) is 5.99. The number of benzene rings is 1. The monoisotopic (exact) mass is 305 g/mol. The van der Waals surface area contributed by atoms with Gasteiger partial charge in [0.2, 0.25) is 6.79 Å². The van der Waals surface area contributed by atoms with E-state index in [1.165, 1.54) is 5.56 Å². The fraction of sp³-hybridized carbons (Fsp3) is 0.667. The predicted molar refractivity (Wildman–Crippen MR) is 86.7 cm³/mol. The summed E-state index contributed by atoms with van der Waals surface area (Å²) in [6.07, 6.45) is 3.02. The van der Waals surface area contributed by atoms with Gasteiger partial charge in [-0.25, -0.2) is 0 Å². The molecule has 22 heavy (non-hydrogen) atoms. The summed E-state index contributed by atoms with van der Waals surface area (Å²) in [7, 11) is 0. The molecular weight excluding hydrogens is 278 g/mol. The van der Waals surface area contributed by atoms with E-state index in [-0.39, 0.29) is 5.60 Å². The van der Waals surface area contributed by atoms with Gasteiger partial charge in [0.15, 0.2) is 11.5 Å². The molecule has 2 heterocycles. The number of rotatable bonds is 5. The van der Waals surface area contributed by atoms with Gasteiger partial charge in [0.1, 0.15) is 11.4 Å². The van der Waals surface area contributed by atoms with Gasteiger partial charge in [-0.05, 0) is 31.4 Å². The van der Waals surface area contributed by atoms with Gasteiger partial charge in [0.05, 0.1) is 0 Å². The Hall–Kier alpha value is -1.42. The third-order valence-corrected chi connectivity index (χ3v) is 4.84. The Morgan fingerprint density at radius 3 is 2.45 bits per heavy atom. The average molecular weight is 305 g/mol. The van der Waals surface area contributed by atoms with Crippen molar-refractivity contribution in [1.29, 1.82) is 0 Å². The first-order valence-corrected chi connectivity index (χ1v) is 8.43. The van der Waals surface area contributed by atoms with E-state index in [9.17, 15) is 0 Å². The summed E-state index contributed by atoms with van der Waals surface area (Å²) in [4.78, 5) is 0. The number of nitrogens with one attached hydrogen (secondary N) is 1. The number of hydrogen-bond donors (Lipinski definition) is 1. The highest BCUT2D eigenvalue weighted by Crippen LogP contribution is 2.48. The molecule has 1 aromatic rings. The van der Waals surface area contributed by atoms with Crippen LogP contribution in [0.3, 0.4) is 0 Å². The first-order chi connectivity index (χ1) is 10.6. The van der Waals surface area contributed by atoms with E-state index in [2.05, 4.69) is 39.1 Å². The van der Waals surface area contributed by atoms with Crippen molar-refractivity contribution in [3.05, 3.63) is 17.7 Å². The second-order valence-electron chi connectivity index (χ2n) is 6.79. The van der Waals surface area contributed by atoms with Gasteiger partial charge in [-0.1, -0.05) is 27.7 Å². The van der Waals surface area contributed by atoms with Gasteiger partial charge >= 0.3 is 0 Å². The standard InChI is InChI=1S/C18H27NO3/c1-5-18(6-2)9-14(19-10-12(3)4)13-7-16-17(21-11-20-16)8-15(13)22-18/h7-8,12,14,19H,5-6,9-11H2,1-4H3. The summed E-state index contributed by atoms with van der Waals surface area (Å²) in [5.41, 5.74) is 1.11. The van der Waals surface area contributed by atoms with Crippen molar-refractivity contribution in [3.8, 4) is 17.2 Å². The third kappa shape index (κ3) is 2.76. The predicted octanol–water partition coefficient (Wildman–Crippen LogP) is 4.04. The molecule has 1 N–H and O–H groups in total. The first kappa shape index (κ1) is 15.5. The smallest absolute Gasteiger partial charge is 0.231 e. The minimum atomic E-state index is -0.0880.